The van der Waals surface area contributed by atoms with Gasteiger partial charge in [-0.3, -0.25) is 24.0 Å². The zero-order valence-corrected chi connectivity index (χ0v) is 18.9. The standard InChI is InChI=1S/C19H34N6O9/c1-9(26)15(19(33)34)25-18(32)11(4-2-3-7-20)24-17(31)12(5-6-13(22)27)23-16(30)10(21)8-14(28)29/h9-12,15,26H,2-8,20-21H2,1H3,(H2,22,27)(H,23,30)(H,24,31)(H,25,32)(H,28,29)(H,33,34). The molecular formula is C19H34N6O9. The number of primary amides is 1. The summed E-state index contributed by atoms with van der Waals surface area (Å²) in [6.07, 6.45) is -1.81. The van der Waals surface area contributed by atoms with Crippen LogP contribution in [0.1, 0.15) is 45.4 Å². The first kappa shape index (κ1) is 30.7. The Morgan fingerprint density at radius 3 is 1.85 bits per heavy atom. The minimum absolute atomic E-state index is 0.0515. The van der Waals surface area contributed by atoms with Crippen molar-refractivity contribution in [1.82, 2.24) is 16.0 Å². The molecule has 0 saturated heterocycles. The molecule has 5 unspecified atom stereocenters. The van der Waals surface area contributed by atoms with Gasteiger partial charge in [0.15, 0.2) is 6.04 Å². The molecule has 0 aliphatic rings. The Labute approximate surface area is 195 Å². The molecule has 0 bridgehead atoms. The van der Waals surface area contributed by atoms with E-state index in [4.69, 9.17) is 22.3 Å². The Balaban J connectivity index is 5.58. The number of hydrogen-bond donors (Lipinski definition) is 9. The second-order valence-corrected chi connectivity index (χ2v) is 7.68. The highest BCUT2D eigenvalue weighted by atomic mass is 16.4. The van der Waals surface area contributed by atoms with E-state index in [1.807, 2.05) is 0 Å². The third-order valence-electron chi connectivity index (χ3n) is 4.67. The van der Waals surface area contributed by atoms with Crippen LogP contribution in [0, 0.1) is 0 Å². The number of rotatable bonds is 17. The van der Waals surface area contributed by atoms with Crippen molar-refractivity contribution in [3.63, 3.8) is 0 Å². The fraction of sp³-hybridized carbons (Fsp3) is 0.684. The van der Waals surface area contributed by atoms with Crippen LogP contribution in [0.2, 0.25) is 0 Å². The highest BCUT2D eigenvalue weighted by Gasteiger charge is 2.32. The largest absolute Gasteiger partial charge is 0.481 e. The van der Waals surface area contributed by atoms with Crippen molar-refractivity contribution in [1.29, 1.82) is 0 Å². The summed E-state index contributed by atoms with van der Waals surface area (Å²) in [6, 6.07) is -5.77. The Hall–Kier alpha value is -3.30. The van der Waals surface area contributed by atoms with Gasteiger partial charge in [-0.1, -0.05) is 0 Å². The molecule has 0 aromatic carbocycles. The van der Waals surface area contributed by atoms with Crippen molar-refractivity contribution in [2.24, 2.45) is 17.2 Å². The molecule has 5 atom stereocenters. The van der Waals surface area contributed by atoms with E-state index in [0.717, 1.165) is 6.92 Å². The molecule has 12 N–H and O–H groups in total. The predicted octanol–water partition coefficient (Wildman–Crippen LogP) is -3.90. The lowest BCUT2D eigenvalue weighted by Crippen LogP contribution is -2.58. The molecule has 34 heavy (non-hydrogen) atoms. The third kappa shape index (κ3) is 12.1. The highest BCUT2D eigenvalue weighted by Crippen LogP contribution is 2.06. The van der Waals surface area contributed by atoms with Gasteiger partial charge in [0.05, 0.1) is 18.6 Å². The molecule has 0 saturated carbocycles. The van der Waals surface area contributed by atoms with Gasteiger partial charge in [0.2, 0.25) is 23.6 Å². The number of nitrogens with two attached hydrogens (primary N) is 3. The number of aliphatic hydroxyl groups excluding tert-OH is 1. The summed E-state index contributed by atoms with van der Waals surface area (Å²) in [4.78, 5) is 70.9. The normalized spacial score (nSPS) is 15.2. The zero-order chi connectivity index (χ0) is 26.4. The maximum Gasteiger partial charge on any atom is 0.328 e. The molecule has 194 valence electrons. The van der Waals surface area contributed by atoms with Crippen molar-refractivity contribution in [3.8, 4) is 0 Å². The number of carboxylic acids is 2. The van der Waals surface area contributed by atoms with Gasteiger partial charge in [0.1, 0.15) is 12.1 Å². The summed E-state index contributed by atoms with van der Waals surface area (Å²) >= 11 is 0. The van der Waals surface area contributed by atoms with Crippen LogP contribution in [0.15, 0.2) is 0 Å². The molecule has 15 heteroatoms. The topological polar surface area (TPSA) is 277 Å². The lowest BCUT2D eigenvalue weighted by Gasteiger charge is -2.25. The van der Waals surface area contributed by atoms with Crippen molar-refractivity contribution < 1.29 is 44.1 Å². The Morgan fingerprint density at radius 1 is 0.853 bits per heavy atom. The fourth-order valence-electron chi connectivity index (χ4n) is 2.79. The van der Waals surface area contributed by atoms with E-state index in [-0.39, 0.29) is 19.3 Å². The molecule has 0 aliphatic carbocycles. The first-order valence-corrected chi connectivity index (χ1v) is 10.6. The van der Waals surface area contributed by atoms with Gasteiger partial charge in [0, 0.05) is 6.42 Å². The van der Waals surface area contributed by atoms with Gasteiger partial charge in [-0.15, -0.1) is 0 Å². The van der Waals surface area contributed by atoms with Crippen LogP contribution in [0.25, 0.3) is 0 Å². The second-order valence-electron chi connectivity index (χ2n) is 7.68. The smallest absolute Gasteiger partial charge is 0.328 e. The number of unbranched alkanes of at least 4 members (excludes halogenated alkanes) is 1. The number of aliphatic carboxylic acids is 2. The summed E-state index contributed by atoms with van der Waals surface area (Å²) in [5, 5.41) is 34.3. The maximum atomic E-state index is 12.8. The molecule has 0 rings (SSSR count). The van der Waals surface area contributed by atoms with Crippen LogP contribution >= 0.6 is 0 Å². The van der Waals surface area contributed by atoms with E-state index in [9.17, 15) is 39.0 Å². The van der Waals surface area contributed by atoms with Crippen molar-refractivity contribution in [2.45, 2.75) is 75.7 Å². The van der Waals surface area contributed by atoms with Gasteiger partial charge >= 0.3 is 11.9 Å². The number of carbonyl (C=O) groups is 6. The number of amides is 4. The highest BCUT2D eigenvalue weighted by molar-refractivity contribution is 5.95. The van der Waals surface area contributed by atoms with Crippen LogP contribution < -0.4 is 33.2 Å². The Kier molecular flexibility index (Phi) is 14.0. The number of carbonyl (C=O) groups excluding carboxylic acids is 4. The van der Waals surface area contributed by atoms with Crippen LogP contribution in [-0.4, -0.2) is 87.7 Å². The van der Waals surface area contributed by atoms with Crippen molar-refractivity contribution >= 4 is 35.6 Å². The number of carboxylic acid groups (broad SMARTS) is 2. The lowest BCUT2D eigenvalue weighted by atomic mass is 10.0. The lowest BCUT2D eigenvalue weighted by molar-refractivity contribution is -0.145. The third-order valence-corrected chi connectivity index (χ3v) is 4.67. The minimum atomic E-state index is -1.64. The van der Waals surface area contributed by atoms with E-state index >= 15 is 0 Å². The van der Waals surface area contributed by atoms with Crippen molar-refractivity contribution in [3.05, 3.63) is 0 Å². The fourth-order valence-corrected chi connectivity index (χ4v) is 2.79. The quantitative estimate of drug-likeness (QED) is 0.0888. The van der Waals surface area contributed by atoms with Crippen LogP contribution in [-0.2, 0) is 28.8 Å². The first-order chi connectivity index (χ1) is 15.8. The summed E-state index contributed by atoms with van der Waals surface area (Å²) in [5.41, 5.74) is 16.0. The molecular weight excluding hydrogens is 456 g/mol. The molecule has 0 aromatic heterocycles. The van der Waals surface area contributed by atoms with Gasteiger partial charge < -0.3 is 48.5 Å². The van der Waals surface area contributed by atoms with E-state index in [0.29, 0.717) is 19.4 Å². The van der Waals surface area contributed by atoms with Gasteiger partial charge in [-0.05, 0) is 39.2 Å². The van der Waals surface area contributed by atoms with E-state index in [1.165, 1.54) is 0 Å². The van der Waals surface area contributed by atoms with Gasteiger partial charge in [-0.2, -0.15) is 0 Å². The van der Waals surface area contributed by atoms with E-state index < -0.39 is 72.3 Å². The van der Waals surface area contributed by atoms with Crippen LogP contribution in [0.4, 0.5) is 0 Å². The molecule has 0 spiro atoms. The number of hydrogen-bond acceptors (Lipinski definition) is 9. The molecule has 0 aliphatic heterocycles. The Bertz CT molecular complexity index is 746. The predicted molar refractivity (Wildman–Crippen MR) is 117 cm³/mol. The summed E-state index contributed by atoms with van der Waals surface area (Å²) < 4.78 is 0. The SMILES string of the molecule is CC(O)C(NC(=O)C(CCCCN)NC(=O)C(CCC(N)=O)NC(=O)C(N)CC(=O)O)C(=O)O. The average molecular weight is 491 g/mol. The molecule has 4 amide bonds. The summed E-state index contributed by atoms with van der Waals surface area (Å²) in [6.45, 7) is 1.46. The van der Waals surface area contributed by atoms with Gasteiger partial charge in [0.25, 0.3) is 0 Å². The maximum absolute atomic E-state index is 12.8. The van der Waals surface area contributed by atoms with Gasteiger partial charge in [-0.25, -0.2) is 4.79 Å². The van der Waals surface area contributed by atoms with E-state index in [2.05, 4.69) is 16.0 Å². The molecule has 0 fully saturated rings. The number of nitrogens with one attached hydrogen (secondary N) is 3. The van der Waals surface area contributed by atoms with Crippen LogP contribution in [0.3, 0.4) is 0 Å². The minimum Gasteiger partial charge on any atom is -0.481 e. The average Bonchev–Trinajstić information content (AvgIpc) is 2.72. The van der Waals surface area contributed by atoms with Crippen molar-refractivity contribution in [2.75, 3.05) is 6.54 Å². The molecule has 0 radical (unpaired) electrons. The summed E-state index contributed by atoms with van der Waals surface area (Å²) in [7, 11) is 0. The zero-order valence-electron chi connectivity index (χ0n) is 18.9. The Morgan fingerprint density at radius 2 is 1.38 bits per heavy atom. The number of aliphatic hydroxyl groups is 1. The molecule has 0 aromatic rings. The molecule has 0 heterocycles. The van der Waals surface area contributed by atoms with Crippen LogP contribution in [0.5, 0.6) is 0 Å². The second kappa shape index (κ2) is 15.5. The first-order valence-electron chi connectivity index (χ1n) is 10.6. The van der Waals surface area contributed by atoms with E-state index in [1.54, 1.807) is 0 Å². The summed E-state index contributed by atoms with van der Waals surface area (Å²) in [5.74, 6) is -6.40. The molecule has 15 nitrogen and oxygen atoms in total. The monoisotopic (exact) mass is 490 g/mol.